The zero-order chi connectivity index (χ0) is 27.1. The van der Waals surface area contributed by atoms with Gasteiger partial charge in [0.15, 0.2) is 5.82 Å². The highest BCUT2D eigenvalue weighted by atomic mass is 19.1. The highest BCUT2D eigenvalue weighted by molar-refractivity contribution is 5.98. The number of halogens is 1. The predicted molar refractivity (Wildman–Crippen MR) is 150 cm³/mol. The van der Waals surface area contributed by atoms with Gasteiger partial charge < -0.3 is 10.3 Å². The number of hydrogen-bond donors (Lipinski definition) is 3. The van der Waals surface area contributed by atoms with Crippen LogP contribution in [0.3, 0.4) is 0 Å². The van der Waals surface area contributed by atoms with Crippen molar-refractivity contribution < 1.29 is 9.18 Å². The highest BCUT2D eigenvalue weighted by Crippen LogP contribution is 2.33. The van der Waals surface area contributed by atoms with Crippen molar-refractivity contribution in [2.24, 2.45) is 5.41 Å². The predicted octanol–water partition coefficient (Wildman–Crippen LogP) is 6.74. The molecule has 0 bridgehead atoms. The van der Waals surface area contributed by atoms with Crippen LogP contribution >= 0.6 is 0 Å². The summed E-state index contributed by atoms with van der Waals surface area (Å²) < 4.78 is 13.9. The number of nitrogens with one attached hydrogen (secondary N) is 3. The van der Waals surface area contributed by atoms with E-state index in [1.807, 2.05) is 51.1 Å². The van der Waals surface area contributed by atoms with Gasteiger partial charge in [-0.3, -0.25) is 19.9 Å². The third-order valence-corrected chi connectivity index (χ3v) is 6.36. The average Bonchev–Trinajstić information content (AvgIpc) is 3.51. The van der Waals surface area contributed by atoms with Gasteiger partial charge in [0.25, 0.3) is 0 Å². The quantitative estimate of drug-likeness (QED) is 0.233. The van der Waals surface area contributed by atoms with Crippen LogP contribution in [0.1, 0.15) is 27.2 Å². The molecule has 6 aromatic rings. The third-order valence-electron chi connectivity index (χ3n) is 6.36. The maximum absolute atomic E-state index is 13.9. The summed E-state index contributed by atoms with van der Waals surface area (Å²) in [6.07, 6.45) is 7.20. The lowest BCUT2D eigenvalue weighted by atomic mass is 9.92. The molecule has 0 aliphatic carbocycles. The van der Waals surface area contributed by atoms with Crippen LogP contribution < -0.4 is 5.32 Å². The van der Waals surface area contributed by atoms with Crippen molar-refractivity contribution in [2.45, 2.75) is 27.2 Å². The molecule has 1 amide bonds. The van der Waals surface area contributed by atoms with Crippen molar-refractivity contribution in [3.8, 4) is 33.8 Å². The Bertz CT molecular complexity index is 1850. The van der Waals surface area contributed by atoms with Crippen LogP contribution in [-0.2, 0) is 4.79 Å². The van der Waals surface area contributed by atoms with Crippen molar-refractivity contribution in [3.05, 3.63) is 79.1 Å². The van der Waals surface area contributed by atoms with E-state index in [9.17, 15) is 9.18 Å². The van der Waals surface area contributed by atoms with Gasteiger partial charge in [0.1, 0.15) is 11.5 Å². The lowest BCUT2D eigenvalue weighted by Crippen LogP contribution is -2.19. The van der Waals surface area contributed by atoms with Gasteiger partial charge in [-0.2, -0.15) is 5.10 Å². The Kier molecular flexibility index (Phi) is 5.91. The van der Waals surface area contributed by atoms with Crippen LogP contribution in [0.5, 0.6) is 0 Å². The number of carbonyl (C=O) groups is 1. The molecule has 194 valence electrons. The second-order valence-electron chi connectivity index (χ2n) is 10.8. The van der Waals surface area contributed by atoms with E-state index in [2.05, 4.69) is 30.5 Å². The molecule has 0 fully saturated rings. The summed E-state index contributed by atoms with van der Waals surface area (Å²) in [6.45, 7) is 6.08. The topological polar surface area (TPSA) is 112 Å². The minimum atomic E-state index is -0.321. The van der Waals surface area contributed by atoms with Crippen LogP contribution in [0.4, 0.5) is 10.1 Å². The molecule has 0 saturated carbocycles. The SMILES string of the molecule is CC(C)(C)CC(=O)Nc1cncc(-c2ccc3[nH]nc(-c4nc5c(-c6cccc(F)c6)cncc5[nH]4)c3c2)c1. The molecule has 0 saturated heterocycles. The molecule has 0 unspecified atom stereocenters. The fourth-order valence-electron chi connectivity index (χ4n) is 4.64. The van der Waals surface area contributed by atoms with Crippen molar-refractivity contribution in [2.75, 3.05) is 5.32 Å². The average molecular weight is 520 g/mol. The van der Waals surface area contributed by atoms with Crippen molar-refractivity contribution in [1.29, 1.82) is 0 Å². The minimum absolute atomic E-state index is 0.0500. The summed E-state index contributed by atoms with van der Waals surface area (Å²) in [5, 5.41) is 11.4. The Hall–Kier alpha value is -4.92. The molecule has 9 heteroatoms. The molecular formula is C30H26FN7O. The Morgan fingerprint density at radius 3 is 2.59 bits per heavy atom. The molecule has 3 N–H and O–H groups in total. The van der Waals surface area contributed by atoms with Crippen LogP contribution in [-0.4, -0.2) is 36.0 Å². The third kappa shape index (κ3) is 4.98. The van der Waals surface area contributed by atoms with Crippen molar-refractivity contribution in [1.82, 2.24) is 30.1 Å². The molecule has 6 rings (SSSR count). The lowest BCUT2D eigenvalue weighted by molar-refractivity contribution is -0.117. The van der Waals surface area contributed by atoms with Crippen LogP contribution in [0.25, 0.3) is 55.7 Å². The molecule has 8 nitrogen and oxygen atoms in total. The number of aromatic amines is 2. The Morgan fingerprint density at radius 1 is 0.923 bits per heavy atom. The monoisotopic (exact) mass is 519 g/mol. The van der Waals surface area contributed by atoms with Crippen molar-refractivity contribution in [3.63, 3.8) is 0 Å². The molecule has 39 heavy (non-hydrogen) atoms. The molecule has 0 spiro atoms. The number of pyridine rings is 2. The van der Waals surface area contributed by atoms with E-state index in [0.717, 1.165) is 33.1 Å². The summed E-state index contributed by atoms with van der Waals surface area (Å²) in [6, 6.07) is 14.2. The number of anilines is 1. The normalized spacial score (nSPS) is 11.8. The molecule has 0 atom stereocenters. The van der Waals surface area contributed by atoms with E-state index in [-0.39, 0.29) is 17.1 Å². The van der Waals surface area contributed by atoms with Gasteiger partial charge in [-0.15, -0.1) is 0 Å². The first-order chi connectivity index (χ1) is 18.7. The number of aromatic nitrogens is 6. The van der Waals surface area contributed by atoms with Crippen LogP contribution in [0.15, 0.2) is 73.3 Å². The molecule has 4 aromatic heterocycles. The van der Waals surface area contributed by atoms with Gasteiger partial charge in [0, 0.05) is 35.3 Å². The second kappa shape index (κ2) is 9.43. The molecule has 0 aliphatic heterocycles. The van der Waals surface area contributed by atoms with Gasteiger partial charge in [-0.1, -0.05) is 39.0 Å². The number of benzene rings is 2. The van der Waals surface area contributed by atoms with Crippen molar-refractivity contribution >= 4 is 33.5 Å². The van der Waals surface area contributed by atoms with Gasteiger partial charge in [0.05, 0.1) is 34.6 Å². The molecule has 0 aliphatic rings. The van der Waals surface area contributed by atoms with E-state index in [1.54, 1.807) is 30.9 Å². The number of H-pyrrole nitrogens is 2. The number of rotatable bonds is 5. The number of hydrogen-bond acceptors (Lipinski definition) is 5. The standard InChI is InChI=1S/C30H26FN7O/c1-30(2,3)12-26(39)34-21-10-19(13-32-14-21)17-7-8-24-22(11-17)28(38-37-24)29-35-25-16-33-15-23(27(25)36-29)18-5-4-6-20(31)9-18/h4-11,13-16H,12H2,1-3H3,(H,34,39)(H,35,36)(H,37,38). The van der Waals surface area contributed by atoms with Gasteiger partial charge in [-0.05, 0) is 46.9 Å². The number of imidazole rings is 1. The Labute approximate surface area is 223 Å². The molecule has 2 aromatic carbocycles. The summed E-state index contributed by atoms with van der Waals surface area (Å²) >= 11 is 0. The first-order valence-electron chi connectivity index (χ1n) is 12.6. The van der Waals surface area contributed by atoms with E-state index >= 15 is 0 Å². The number of amides is 1. The largest absolute Gasteiger partial charge is 0.335 e. The molecule has 4 heterocycles. The second-order valence-corrected chi connectivity index (χ2v) is 10.8. The van der Waals surface area contributed by atoms with Crippen LogP contribution in [0.2, 0.25) is 0 Å². The number of carbonyl (C=O) groups excluding carboxylic acids is 1. The fourth-order valence-corrected chi connectivity index (χ4v) is 4.64. The first-order valence-corrected chi connectivity index (χ1v) is 12.6. The Balaban J connectivity index is 1.37. The Morgan fingerprint density at radius 2 is 1.77 bits per heavy atom. The maximum atomic E-state index is 13.9. The summed E-state index contributed by atoms with van der Waals surface area (Å²) in [4.78, 5) is 29.2. The maximum Gasteiger partial charge on any atom is 0.224 e. The summed E-state index contributed by atoms with van der Waals surface area (Å²) in [7, 11) is 0. The minimum Gasteiger partial charge on any atom is -0.335 e. The summed E-state index contributed by atoms with van der Waals surface area (Å²) in [5.74, 6) is 0.199. The first kappa shape index (κ1) is 24.4. The fraction of sp³-hybridized carbons (Fsp3) is 0.167. The zero-order valence-electron chi connectivity index (χ0n) is 21.7. The van der Waals surface area contributed by atoms with E-state index in [4.69, 9.17) is 4.98 Å². The van der Waals surface area contributed by atoms with E-state index in [0.29, 0.717) is 34.7 Å². The van der Waals surface area contributed by atoms with Gasteiger partial charge >= 0.3 is 0 Å². The summed E-state index contributed by atoms with van der Waals surface area (Å²) in [5.41, 5.74) is 6.64. The number of fused-ring (bicyclic) bond motifs is 2. The highest BCUT2D eigenvalue weighted by Gasteiger charge is 2.18. The van der Waals surface area contributed by atoms with Gasteiger partial charge in [-0.25, -0.2) is 9.37 Å². The smallest absolute Gasteiger partial charge is 0.224 e. The number of nitrogens with zero attached hydrogens (tertiary/aromatic N) is 4. The lowest BCUT2D eigenvalue weighted by Gasteiger charge is -2.17. The van der Waals surface area contributed by atoms with E-state index in [1.165, 1.54) is 12.1 Å². The van der Waals surface area contributed by atoms with E-state index < -0.39 is 0 Å². The van der Waals surface area contributed by atoms with Gasteiger partial charge in [0.2, 0.25) is 5.91 Å². The zero-order valence-corrected chi connectivity index (χ0v) is 21.7. The molecule has 0 radical (unpaired) electrons. The molecular weight excluding hydrogens is 493 g/mol. The van der Waals surface area contributed by atoms with Crippen LogP contribution in [0, 0.1) is 11.2 Å².